The van der Waals surface area contributed by atoms with Crippen LogP contribution in [-0.4, -0.2) is 41.9 Å². The third-order valence-electron chi connectivity index (χ3n) is 4.44. The molecule has 1 amide bonds. The van der Waals surface area contributed by atoms with Gasteiger partial charge in [0.1, 0.15) is 16.5 Å². The number of nitrogens with one attached hydrogen (secondary N) is 2. The maximum atomic E-state index is 12.6. The van der Waals surface area contributed by atoms with E-state index in [0.29, 0.717) is 12.1 Å². The molecule has 1 saturated heterocycles. The number of aryl methyl sites for hydroxylation is 2. The summed E-state index contributed by atoms with van der Waals surface area (Å²) >= 11 is 1.31. The number of carbonyl (C=O) groups is 1. The van der Waals surface area contributed by atoms with Gasteiger partial charge < -0.3 is 15.1 Å². The largest absolute Gasteiger partial charge is 0.465 e. The molecule has 0 aliphatic carbocycles. The summed E-state index contributed by atoms with van der Waals surface area (Å²) in [5.74, 6) is 1.73. The first-order chi connectivity index (χ1) is 11.6. The minimum atomic E-state index is -0.0851. The third-order valence-corrected chi connectivity index (χ3v) is 5.40. The topological polar surface area (TPSA) is 70.4 Å². The van der Waals surface area contributed by atoms with Gasteiger partial charge in [-0.2, -0.15) is 4.37 Å². The molecule has 3 rings (SSSR count). The van der Waals surface area contributed by atoms with Gasteiger partial charge in [-0.1, -0.05) is 0 Å². The maximum absolute atomic E-state index is 12.6. The number of likely N-dealkylation sites (tertiary alicyclic amines) is 1. The minimum Gasteiger partial charge on any atom is -0.465 e. The summed E-state index contributed by atoms with van der Waals surface area (Å²) in [5, 5.41) is 6.92. The van der Waals surface area contributed by atoms with E-state index < -0.39 is 0 Å². The Morgan fingerprint density at radius 2 is 2.12 bits per heavy atom. The average Bonchev–Trinajstić information content (AvgIpc) is 3.29. The van der Waals surface area contributed by atoms with Gasteiger partial charge in [0.15, 0.2) is 0 Å². The zero-order valence-electron chi connectivity index (χ0n) is 14.4. The second-order valence-corrected chi connectivity index (χ2v) is 6.91. The Hall–Kier alpha value is -1.86. The normalized spacial score (nSPS) is 16.3. The molecule has 0 radical (unpaired) electrons. The van der Waals surface area contributed by atoms with Gasteiger partial charge in [-0.05, 0) is 63.4 Å². The highest BCUT2D eigenvalue weighted by Gasteiger charge is 2.27. The highest BCUT2D eigenvalue weighted by molar-refractivity contribution is 7.10. The van der Waals surface area contributed by atoms with Crippen LogP contribution >= 0.6 is 11.5 Å². The van der Waals surface area contributed by atoms with E-state index in [9.17, 15) is 4.79 Å². The van der Waals surface area contributed by atoms with Crippen LogP contribution < -0.4 is 10.6 Å². The molecular formula is C17H24N4O2S. The Labute approximate surface area is 146 Å². The van der Waals surface area contributed by atoms with Crippen LogP contribution in [0, 0.1) is 13.8 Å². The number of amides is 1. The lowest BCUT2D eigenvalue weighted by atomic mass is 10.1. The van der Waals surface area contributed by atoms with Crippen LogP contribution in [0.2, 0.25) is 0 Å². The molecule has 1 fully saturated rings. The molecule has 1 aliphatic heterocycles. The minimum absolute atomic E-state index is 0.0788. The first-order valence-corrected chi connectivity index (χ1v) is 9.10. The molecule has 7 heteroatoms. The second-order valence-electron chi connectivity index (χ2n) is 6.14. The van der Waals surface area contributed by atoms with Gasteiger partial charge in [0, 0.05) is 13.6 Å². The van der Waals surface area contributed by atoms with E-state index in [2.05, 4.69) is 19.9 Å². The van der Waals surface area contributed by atoms with E-state index in [1.807, 2.05) is 33.0 Å². The Bertz CT molecular complexity index is 703. The molecule has 0 bridgehead atoms. The van der Waals surface area contributed by atoms with E-state index in [1.165, 1.54) is 24.4 Å². The number of aromatic nitrogens is 1. The Morgan fingerprint density at radius 3 is 2.75 bits per heavy atom. The number of anilines is 1. The lowest BCUT2D eigenvalue weighted by Gasteiger charge is -2.26. The van der Waals surface area contributed by atoms with Crippen molar-refractivity contribution in [2.24, 2.45) is 0 Å². The van der Waals surface area contributed by atoms with Crippen LogP contribution in [0.5, 0.6) is 0 Å². The molecule has 0 unspecified atom stereocenters. The van der Waals surface area contributed by atoms with Crippen molar-refractivity contribution in [1.29, 1.82) is 0 Å². The fourth-order valence-corrected chi connectivity index (χ4v) is 3.92. The van der Waals surface area contributed by atoms with E-state index in [4.69, 9.17) is 4.42 Å². The van der Waals surface area contributed by atoms with Crippen molar-refractivity contribution in [2.75, 3.05) is 32.0 Å². The Morgan fingerprint density at radius 1 is 1.38 bits per heavy atom. The number of nitrogens with zero attached hydrogens (tertiary/aromatic N) is 2. The molecule has 0 aromatic carbocycles. The standard InChI is InChI=1S/C17H24N4O2S/c1-11-6-7-14(23-11)13(21-8-4-5-9-21)10-19-16(22)15-12(2)20-24-17(15)18-3/h6-7,13,18H,4-5,8-10H2,1-3H3,(H,19,22)/t13-/m0/s1. The summed E-state index contributed by atoms with van der Waals surface area (Å²) in [7, 11) is 1.81. The van der Waals surface area contributed by atoms with Crippen LogP contribution in [0.15, 0.2) is 16.5 Å². The number of rotatable bonds is 6. The van der Waals surface area contributed by atoms with E-state index >= 15 is 0 Å². The van der Waals surface area contributed by atoms with Gasteiger partial charge in [0.05, 0.1) is 17.3 Å². The number of hydrogen-bond donors (Lipinski definition) is 2. The zero-order chi connectivity index (χ0) is 17.1. The van der Waals surface area contributed by atoms with Crippen LogP contribution in [0.3, 0.4) is 0 Å². The third kappa shape index (κ3) is 3.47. The van der Waals surface area contributed by atoms with Gasteiger partial charge in [-0.15, -0.1) is 0 Å². The smallest absolute Gasteiger partial charge is 0.256 e. The summed E-state index contributed by atoms with van der Waals surface area (Å²) in [5.41, 5.74) is 1.40. The van der Waals surface area contributed by atoms with Gasteiger partial charge in [-0.3, -0.25) is 9.69 Å². The summed E-state index contributed by atoms with van der Waals surface area (Å²) in [6.07, 6.45) is 2.39. The fraction of sp³-hybridized carbons (Fsp3) is 0.529. The number of furan rings is 1. The number of hydrogen-bond acceptors (Lipinski definition) is 6. The van der Waals surface area contributed by atoms with Gasteiger partial charge in [0.2, 0.25) is 0 Å². The van der Waals surface area contributed by atoms with Crippen LogP contribution in [0.4, 0.5) is 5.00 Å². The molecule has 6 nitrogen and oxygen atoms in total. The van der Waals surface area contributed by atoms with Crippen molar-refractivity contribution >= 4 is 22.4 Å². The fourth-order valence-electron chi connectivity index (χ4n) is 3.18. The van der Waals surface area contributed by atoms with Crippen molar-refractivity contribution in [3.8, 4) is 0 Å². The van der Waals surface area contributed by atoms with Crippen LogP contribution in [0.25, 0.3) is 0 Å². The molecule has 2 N–H and O–H groups in total. The second kappa shape index (κ2) is 7.36. The Balaban J connectivity index is 1.73. The molecule has 3 heterocycles. The molecule has 0 spiro atoms. The molecule has 130 valence electrons. The quantitative estimate of drug-likeness (QED) is 0.840. The van der Waals surface area contributed by atoms with E-state index in [-0.39, 0.29) is 11.9 Å². The lowest BCUT2D eigenvalue weighted by Crippen LogP contribution is -2.36. The highest BCUT2D eigenvalue weighted by atomic mass is 32.1. The average molecular weight is 348 g/mol. The van der Waals surface area contributed by atoms with Crippen LogP contribution in [0.1, 0.15) is 46.5 Å². The van der Waals surface area contributed by atoms with Crippen molar-refractivity contribution in [3.63, 3.8) is 0 Å². The van der Waals surface area contributed by atoms with Gasteiger partial charge >= 0.3 is 0 Å². The van der Waals surface area contributed by atoms with E-state index in [1.54, 1.807) is 0 Å². The first kappa shape index (κ1) is 17.0. The highest BCUT2D eigenvalue weighted by Crippen LogP contribution is 2.27. The summed E-state index contributed by atoms with van der Waals surface area (Å²) in [6, 6.07) is 4.07. The summed E-state index contributed by atoms with van der Waals surface area (Å²) in [4.78, 5) is 15.0. The van der Waals surface area contributed by atoms with Crippen molar-refractivity contribution in [3.05, 3.63) is 34.9 Å². The van der Waals surface area contributed by atoms with Crippen molar-refractivity contribution in [2.45, 2.75) is 32.7 Å². The predicted octanol–water partition coefficient (Wildman–Crippen LogP) is 2.96. The Kier molecular flexibility index (Phi) is 5.20. The van der Waals surface area contributed by atoms with Crippen molar-refractivity contribution < 1.29 is 9.21 Å². The summed E-state index contributed by atoms with van der Waals surface area (Å²) in [6.45, 7) is 6.43. The monoisotopic (exact) mass is 348 g/mol. The van der Waals surface area contributed by atoms with Gasteiger partial charge in [0.25, 0.3) is 5.91 Å². The molecule has 2 aromatic rings. The molecule has 0 saturated carbocycles. The number of carbonyl (C=O) groups excluding carboxylic acids is 1. The SMILES string of the molecule is CNc1snc(C)c1C(=O)NC[C@@H](c1ccc(C)o1)N1CCCC1. The van der Waals surface area contributed by atoms with E-state index in [0.717, 1.165) is 35.3 Å². The molecular weight excluding hydrogens is 324 g/mol. The molecule has 1 aliphatic rings. The molecule has 1 atom stereocenters. The zero-order valence-corrected chi connectivity index (χ0v) is 15.2. The van der Waals surface area contributed by atoms with Gasteiger partial charge in [-0.25, -0.2) is 0 Å². The predicted molar refractivity (Wildman–Crippen MR) is 95.7 cm³/mol. The van der Waals surface area contributed by atoms with Crippen molar-refractivity contribution in [1.82, 2.24) is 14.6 Å². The molecule has 24 heavy (non-hydrogen) atoms. The molecule has 2 aromatic heterocycles. The first-order valence-electron chi connectivity index (χ1n) is 8.32. The van der Waals surface area contributed by atoms with Crippen LogP contribution in [-0.2, 0) is 0 Å². The lowest BCUT2D eigenvalue weighted by molar-refractivity contribution is 0.0934. The summed E-state index contributed by atoms with van der Waals surface area (Å²) < 4.78 is 10.1. The maximum Gasteiger partial charge on any atom is 0.256 e.